The summed E-state index contributed by atoms with van der Waals surface area (Å²) in [6.07, 6.45) is 4.90. The second-order valence-corrected chi connectivity index (χ2v) is 7.42. The molecular weight excluding hydrogens is 294 g/mol. The lowest BCUT2D eigenvalue weighted by atomic mass is 9.87. The molecule has 2 rings (SSSR count). The highest BCUT2D eigenvalue weighted by atomic mass is 32.2. The first-order chi connectivity index (χ1) is 9.74. The van der Waals surface area contributed by atoms with Crippen molar-refractivity contribution in [3.63, 3.8) is 0 Å². The average Bonchev–Trinajstić information content (AvgIpc) is 2.42. The third-order valence-corrected chi connectivity index (χ3v) is 5.59. The van der Waals surface area contributed by atoms with Gasteiger partial charge in [0.2, 0.25) is 10.0 Å². The van der Waals surface area contributed by atoms with Crippen molar-refractivity contribution in [3.05, 3.63) is 27.0 Å². The van der Waals surface area contributed by atoms with Crippen molar-refractivity contribution in [2.75, 3.05) is 0 Å². The molecule has 1 heterocycles. The molecule has 2 atom stereocenters. The van der Waals surface area contributed by atoms with Crippen LogP contribution in [-0.4, -0.2) is 23.6 Å². The Balaban J connectivity index is 2.41. The van der Waals surface area contributed by atoms with Gasteiger partial charge in [0.15, 0.2) is 4.90 Å². The zero-order valence-electron chi connectivity index (χ0n) is 12.5. The quantitative estimate of drug-likeness (QED) is 0.846. The van der Waals surface area contributed by atoms with Crippen LogP contribution in [0.3, 0.4) is 0 Å². The smallest absolute Gasteiger partial charge is 0.302 e. The van der Waals surface area contributed by atoms with Gasteiger partial charge in [0.25, 0.3) is 5.56 Å². The van der Waals surface area contributed by atoms with Crippen LogP contribution < -0.4 is 16.0 Å². The summed E-state index contributed by atoms with van der Waals surface area (Å²) in [6.45, 7) is 2.01. The lowest BCUT2D eigenvalue weighted by Gasteiger charge is -2.29. The Kier molecular flexibility index (Phi) is 4.38. The van der Waals surface area contributed by atoms with Crippen molar-refractivity contribution in [1.82, 2.24) is 13.9 Å². The molecule has 1 fully saturated rings. The normalized spacial score (nSPS) is 23.2. The Morgan fingerprint density at radius 2 is 1.81 bits per heavy atom. The van der Waals surface area contributed by atoms with Crippen molar-refractivity contribution in [2.45, 2.75) is 43.5 Å². The maximum Gasteiger partial charge on any atom is 0.330 e. The summed E-state index contributed by atoms with van der Waals surface area (Å²) in [6, 6.07) is -0.161. The van der Waals surface area contributed by atoms with E-state index < -0.39 is 21.3 Å². The van der Waals surface area contributed by atoms with Gasteiger partial charge in [-0.05, 0) is 18.8 Å². The molecule has 1 N–H and O–H groups in total. The molecule has 0 unspecified atom stereocenters. The van der Waals surface area contributed by atoms with Crippen LogP contribution in [-0.2, 0) is 24.1 Å². The minimum Gasteiger partial charge on any atom is -0.302 e. The van der Waals surface area contributed by atoms with Crippen LogP contribution in [0.1, 0.15) is 32.6 Å². The van der Waals surface area contributed by atoms with E-state index in [0.717, 1.165) is 41.0 Å². The minimum absolute atomic E-state index is 0.161. The molecule has 1 aromatic heterocycles. The lowest BCUT2D eigenvalue weighted by molar-refractivity contribution is 0.310. The molecule has 21 heavy (non-hydrogen) atoms. The summed E-state index contributed by atoms with van der Waals surface area (Å²) in [7, 11) is -1.24. The molecule has 0 aromatic carbocycles. The fourth-order valence-electron chi connectivity index (χ4n) is 2.71. The van der Waals surface area contributed by atoms with Gasteiger partial charge in [0.05, 0.1) is 0 Å². The van der Waals surface area contributed by atoms with Gasteiger partial charge in [0.1, 0.15) is 0 Å². The molecule has 7 nitrogen and oxygen atoms in total. The van der Waals surface area contributed by atoms with E-state index in [4.69, 9.17) is 0 Å². The topological polar surface area (TPSA) is 90.2 Å². The van der Waals surface area contributed by atoms with E-state index in [-0.39, 0.29) is 16.9 Å². The Labute approximate surface area is 123 Å². The fourth-order valence-corrected chi connectivity index (χ4v) is 4.25. The highest BCUT2D eigenvalue weighted by Gasteiger charge is 2.29. The number of hydrogen-bond acceptors (Lipinski definition) is 4. The molecule has 1 saturated carbocycles. The van der Waals surface area contributed by atoms with Crippen molar-refractivity contribution < 1.29 is 8.42 Å². The monoisotopic (exact) mass is 315 g/mol. The van der Waals surface area contributed by atoms with Crippen LogP contribution in [0.15, 0.2) is 20.7 Å². The maximum atomic E-state index is 12.4. The second kappa shape index (κ2) is 5.76. The van der Waals surface area contributed by atoms with Crippen molar-refractivity contribution in [1.29, 1.82) is 0 Å². The number of aromatic nitrogens is 2. The first-order valence-electron chi connectivity index (χ1n) is 7.03. The Hall–Kier alpha value is -1.41. The molecule has 0 radical (unpaired) electrons. The largest absolute Gasteiger partial charge is 0.330 e. The van der Waals surface area contributed by atoms with Crippen LogP contribution in [0.2, 0.25) is 0 Å². The number of sulfonamides is 1. The molecular formula is C13H21N3O4S. The molecule has 1 aliphatic carbocycles. The van der Waals surface area contributed by atoms with E-state index in [9.17, 15) is 18.0 Å². The Morgan fingerprint density at radius 3 is 2.43 bits per heavy atom. The van der Waals surface area contributed by atoms with E-state index >= 15 is 0 Å². The third kappa shape index (κ3) is 3.11. The van der Waals surface area contributed by atoms with Gasteiger partial charge >= 0.3 is 5.69 Å². The third-order valence-electron chi connectivity index (χ3n) is 4.12. The van der Waals surface area contributed by atoms with E-state index in [0.29, 0.717) is 0 Å². The van der Waals surface area contributed by atoms with Crippen LogP contribution in [0.4, 0.5) is 0 Å². The van der Waals surface area contributed by atoms with Crippen molar-refractivity contribution >= 4 is 10.0 Å². The zero-order valence-corrected chi connectivity index (χ0v) is 13.3. The molecule has 8 heteroatoms. The summed E-state index contributed by atoms with van der Waals surface area (Å²) >= 11 is 0. The van der Waals surface area contributed by atoms with E-state index in [1.54, 1.807) is 0 Å². The van der Waals surface area contributed by atoms with Gasteiger partial charge in [-0.25, -0.2) is 17.9 Å². The molecule has 1 aromatic rings. The molecule has 0 spiro atoms. The first kappa shape index (κ1) is 16.0. The van der Waals surface area contributed by atoms with E-state index in [1.807, 2.05) is 6.92 Å². The summed E-state index contributed by atoms with van der Waals surface area (Å²) < 4.78 is 29.4. The maximum absolute atomic E-state index is 12.4. The SMILES string of the molecule is C[C@H]1CCCC[C@@H]1NS(=O)(=O)c1cn(C)c(=O)n(C)c1=O. The standard InChI is InChI=1S/C13H21N3O4S/c1-9-6-4-5-7-10(9)14-21(19,20)11-8-15(2)13(18)16(3)12(11)17/h8-10,14H,4-7H2,1-3H3/t9-,10-/m0/s1. The van der Waals surface area contributed by atoms with Gasteiger partial charge in [-0.15, -0.1) is 0 Å². The number of rotatable bonds is 3. The van der Waals surface area contributed by atoms with Gasteiger partial charge in [-0.1, -0.05) is 19.8 Å². The Bertz CT molecular complexity index is 748. The zero-order chi connectivity index (χ0) is 15.8. The van der Waals surface area contributed by atoms with Crippen molar-refractivity contribution in [2.24, 2.45) is 20.0 Å². The van der Waals surface area contributed by atoms with Crippen LogP contribution in [0.25, 0.3) is 0 Å². The van der Waals surface area contributed by atoms with Crippen LogP contribution >= 0.6 is 0 Å². The number of nitrogens with zero attached hydrogens (tertiary/aromatic N) is 2. The summed E-state index contributed by atoms with van der Waals surface area (Å²) in [5, 5.41) is 0. The first-order valence-corrected chi connectivity index (χ1v) is 8.51. The summed E-state index contributed by atoms with van der Waals surface area (Å²) in [4.78, 5) is 23.3. The van der Waals surface area contributed by atoms with Gasteiger partial charge in [-0.2, -0.15) is 0 Å². The van der Waals surface area contributed by atoms with Crippen LogP contribution in [0.5, 0.6) is 0 Å². The molecule has 0 bridgehead atoms. The average molecular weight is 315 g/mol. The van der Waals surface area contributed by atoms with Crippen molar-refractivity contribution in [3.8, 4) is 0 Å². The van der Waals surface area contributed by atoms with Gasteiger partial charge in [-0.3, -0.25) is 9.36 Å². The van der Waals surface area contributed by atoms with Gasteiger partial charge in [0, 0.05) is 26.3 Å². The summed E-state index contributed by atoms with van der Waals surface area (Å²) in [5.41, 5.74) is -1.35. The number of hydrogen-bond donors (Lipinski definition) is 1. The molecule has 0 aliphatic heterocycles. The predicted molar refractivity (Wildman–Crippen MR) is 78.7 cm³/mol. The highest BCUT2D eigenvalue weighted by Crippen LogP contribution is 2.24. The minimum atomic E-state index is -3.93. The highest BCUT2D eigenvalue weighted by molar-refractivity contribution is 7.89. The lowest BCUT2D eigenvalue weighted by Crippen LogP contribution is -2.45. The van der Waals surface area contributed by atoms with Crippen LogP contribution in [0, 0.1) is 5.92 Å². The second-order valence-electron chi connectivity index (χ2n) is 5.74. The predicted octanol–water partition coefficient (Wildman–Crippen LogP) is -0.0590. The molecule has 0 saturated heterocycles. The van der Waals surface area contributed by atoms with E-state index in [1.165, 1.54) is 14.1 Å². The van der Waals surface area contributed by atoms with Gasteiger partial charge < -0.3 is 4.57 Å². The molecule has 1 aliphatic rings. The fraction of sp³-hybridized carbons (Fsp3) is 0.692. The Morgan fingerprint density at radius 1 is 1.19 bits per heavy atom. The summed E-state index contributed by atoms with van der Waals surface area (Å²) in [5.74, 6) is 0.241. The number of aryl methyl sites for hydroxylation is 1. The van der Waals surface area contributed by atoms with E-state index in [2.05, 4.69) is 4.72 Å². The molecule has 0 amide bonds. The number of nitrogens with one attached hydrogen (secondary N) is 1. The molecule has 118 valence electrons.